The smallest absolute Gasteiger partial charge is 0.321 e. The molecule has 4 rings (SSSR count). The molecule has 3 aromatic rings. The van der Waals surface area contributed by atoms with E-state index in [1.54, 1.807) is 4.90 Å². The molecular formula is C21H21F2N5OS. The summed E-state index contributed by atoms with van der Waals surface area (Å²) in [7, 11) is 0. The van der Waals surface area contributed by atoms with E-state index in [-0.39, 0.29) is 11.7 Å². The lowest BCUT2D eigenvalue weighted by Gasteiger charge is -2.34. The Morgan fingerprint density at radius 3 is 2.50 bits per heavy atom. The van der Waals surface area contributed by atoms with E-state index < -0.39 is 11.6 Å². The number of urea groups is 1. The van der Waals surface area contributed by atoms with Crippen molar-refractivity contribution >= 4 is 28.4 Å². The van der Waals surface area contributed by atoms with Crippen molar-refractivity contribution in [1.82, 2.24) is 14.3 Å². The van der Waals surface area contributed by atoms with Crippen molar-refractivity contribution in [2.45, 2.75) is 13.3 Å². The molecule has 9 heteroatoms. The topological polar surface area (TPSA) is 61.4 Å². The second kappa shape index (κ2) is 8.74. The van der Waals surface area contributed by atoms with Gasteiger partial charge in [0.15, 0.2) is 11.6 Å². The van der Waals surface area contributed by atoms with Crippen molar-refractivity contribution in [3.8, 4) is 0 Å². The van der Waals surface area contributed by atoms with Gasteiger partial charge < -0.3 is 15.1 Å². The summed E-state index contributed by atoms with van der Waals surface area (Å²) >= 11 is 1.36. The molecule has 0 saturated carbocycles. The third-order valence-electron chi connectivity index (χ3n) is 4.95. The van der Waals surface area contributed by atoms with Gasteiger partial charge >= 0.3 is 6.03 Å². The van der Waals surface area contributed by atoms with Crippen LogP contribution in [0.15, 0.2) is 42.5 Å². The molecule has 0 radical (unpaired) electrons. The minimum Gasteiger partial charge on any atom is -0.343 e. The van der Waals surface area contributed by atoms with Gasteiger partial charge in [0.05, 0.1) is 0 Å². The highest BCUT2D eigenvalue weighted by atomic mass is 32.1. The number of benzene rings is 2. The van der Waals surface area contributed by atoms with Crippen molar-refractivity contribution in [3.05, 3.63) is 71.1 Å². The monoisotopic (exact) mass is 429 g/mol. The first-order chi connectivity index (χ1) is 14.5. The average molecular weight is 429 g/mol. The zero-order valence-corrected chi connectivity index (χ0v) is 17.3. The van der Waals surface area contributed by atoms with E-state index in [9.17, 15) is 13.6 Å². The number of halogens is 2. The molecular weight excluding hydrogens is 408 g/mol. The molecule has 0 aliphatic carbocycles. The standard InChI is InChI=1S/C21H21F2N5OS/c1-14-2-4-15(5-3-14)12-19-25-21(30-26-19)28-10-8-27(9-11-28)20(29)24-16-6-7-17(22)18(23)13-16/h2-7,13H,8-12H2,1H3,(H,24,29). The molecule has 2 amide bonds. The molecule has 1 aliphatic heterocycles. The van der Waals surface area contributed by atoms with E-state index in [1.807, 2.05) is 0 Å². The van der Waals surface area contributed by atoms with Crippen LogP contribution in [0.5, 0.6) is 0 Å². The molecule has 1 aliphatic rings. The lowest BCUT2D eigenvalue weighted by atomic mass is 10.1. The third-order valence-corrected chi connectivity index (χ3v) is 5.76. The molecule has 6 nitrogen and oxygen atoms in total. The number of carbonyl (C=O) groups excluding carboxylic acids is 1. The average Bonchev–Trinajstić information content (AvgIpc) is 3.21. The minimum atomic E-state index is -0.990. The number of nitrogens with one attached hydrogen (secondary N) is 1. The first-order valence-corrected chi connectivity index (χ1v) is 10.4. The summed E-state index contributed by atoms with van der Waals surface area (Å²) in [5.74, 6) is -1.15. The Hall–Kier alpha value is -3.07. The number of aryl methyl sites for hydroxylation is 1. The molecule has 1 saturated heterocycles. The molecule has 2 aromatic carbocycles. The van der Waals surface area contributed by atoms with Crippen LogP contribution in [0.1, 0.15) is 17.0 Å². The highest BCUT2D eigenvalue weighted by Crippen LogP contribution is 2.21. The van der Waals surface area contributed by atoms with Crippen LogP contribution < -0.4 is 10.2 Å². The molecule has 2 heterocycles. The number of hydrogen-bond acceptors (Lipinski definition) is 5. The SMILES string of the molecule is Cc1ccc(Cc2nsc(N3CCN(C(=O)Nc4ccc(F)c(F)c4)CC3)n2)cc1. The van der Waals surface area contributed by atoms with Crippen LogP contribution >= 0.6 is 11.5 Å². The van der Waals surface area contributed by atoms with Gasteiger partial charge in [0.25, 0.3) is 0 Å². The fourth-order valence-corrected chi connectivity index (χ4v) is 3.95. The van der Waals surface area contributed by atoms with Gasteiger partial charge in [0.1, 0.15) is 5.82 Å². The highest BCUT2D eigenvalue weighted by Gasteiger charge is 2.23. The summed E-state index contributed by atoms with van der Waals surface area (Å²) < 4.78 is 30.8. The fraction of sp³-hybridized carbons (Fsp3) is 0.286. The maximum atomic E-state index is 13.3. The van der Waals surface area contributed by atoms with Crippen LogP contribution in [0.2, 0.25) is 0 Å². The first-order valence-electron chi connectivity index (χ1n) is 9.62. The maximum Gasteiger partial charge on any atom is 0.321 e. The Labute approximate surface area is 177 Å². The quantitative estimate of drug-likeness (QED) is 0.679. The zero-order valence-electron chi connectivity index (χ0n) is 16.4. The van der Waals surface area contributed by atoms with E-state index in [0.717, 1.165) is 23.1 Å². The van der Waals surface area contributed by atoms with Crippen molar-refractivity contribution < 1.29 is 13.6 Å². The molecule has 0 atom stereocenters. The zero-order chi connectivity index (χ0) is 21.1. The van der Waals surface area contributed by atoms with E-state index in [2.05, 4.69) is 50.8 Å². The summed E-state index contributed by atoms with van der Waals surface area (Å²) in [5.41, 5.74) is 2.62. The molecule has 1 N–H and O–H groups in total. The number of anilines is 2. The van der Waals surface area contributed by atoms with Gasteiger partial charge in [-0.1, -0.05) is 29.8 Å². The van der Waals surface area contributed by atoms with Gasteiger partial charge in [-0.25, -0.2) is 18.6 Å². The number of rotatable bonds is 4. The second-order valence-corrected chi connectivity index (χ2v) is 7.92. The molecule has 1 fully saturated rings. The number of hydrogen-bond donors (Lipinski definition) is 1. The number of carbonyl (C=O) groups is 1. The van der Waals surface area contributed by atoms with Gasteiger partial charge in [-0.2, -0.15) is 4.37 Å². The van der Waals surface area contributed by atoms with Gasteiger partial charge in [0.2, 0.25) is 5.13 Å². The Morgan fingerprint density at radius 1 is 1.07 bits per heavy atom. The van der Waals surface area contributed by atoms with Gasteiger partial charge in [-0.05, 0) is 24.6 Å². The lowest BCUT2D eigenvalue weighted by molar-refractivity contribution is 0.208. The number of piperazine rings is 1. The minimum absolute atomic E-state index is 0.228. The van der Waals surface area contributed by atoms with Crippen molar-refractivity contribution in [1.29, 1.82) is 0 Å². The molecule has 0 unspecified atom stereocenters. The van der Waals surface area contributed by atoms with Gasteiger partial charge in [0, 0.05) is 55.9 Å². The highest BCUT2D eigenvalue weighted by molar-refractivity contribution is 7.09. The normalized spacial score (nSPS) is 14.1. The number of aromatic nitrogens is 2. The predicted molar refractivity (Wildman–Crippen MR) is 113 cm³/mol. The Balaban J connectivity index is 1.31. The van der Waals surface area contributed by atoms with Crippen LogP contribution in [0.4, 0.5) is 24.4 Å². The predicted octanol–water partition coefficient (Wildman–Crippen LogP) is 4.07. The molecule has 0 spiro atoms. The van der Waals surface area contributed by atoms with Crippen LogP contribution in [-0.2, 0) is 6.42 Å². The van der Waals surface area contributed by atoms with E-state index >= 15 is 0 Å². The molecule has 1 aromatic heterocycles. The summed E-state index contributed by atoms with van der Waals surface area (Å²) in [6.07, 6.45) is 0.688. The Morgan fingerprint density at radius 2 is 1.80 bits per heavy atom. The van der Waals surface area contributed by atoms with E-state index in [4.69, 9.17) is 0 Å². The molecule has 156 valence electrons. The maximum absolute atomic E-state index is 13.3. The lowest BCUT2D eigenvalue weighted by Crippen LogP contribution is -2.50. The molecule has 30 heavy (non-hydrogen) atoms. The summed E-state index contributed by atoms with van der Waals surface area (Å²) in [6, 6.07) is 11.3. The van der Waals surface area contributed by atoms with Crippen molar-refractivity contribution in [2.75, 3.05) is 36.4 Å². The Bertz CT molecular complexity index is 1030. The van der Waals surface area contributed by atoms with Crippen molar-refractivity contribution in [3.63, 3.8) is 0 Å². The number of amides is 2. The van der Waals surface area contributed by atoms with Crippen LogP contribution in [0, 0.1) is 18.6 Å². The van der Waals surface area contributed by atoms with Crippen LogP contribution in [0.3, 0.4) is 0 Å². The fourth-order valence-electron chi connectivity index (χ4n) is 3.21. The van der Waals surface area contributed by atoms with Gasteiger partial charge in [-0.15, -0.1) is 0 Å². The van der Waals surface area contributed by atoms with Crippen LogP contribution in [0.25, 0.3) is 0 Å². The molecule has 0 bridgehead atoms. The number of nitrogens with zero attached hydrogens (tertiary/aromatic N) is 4. The van der Waals surface area contributed by atoms with E-state index in [1.165, 1.54) is 28.7 Å². The summed E-state index contributed by atoms with van der Waals surface area (Å²) in [4.78, 5) is 20.8. The van der Waals surface area contributed by atoms with Crippen LogP contribution in [-0.4, -0.2) is 46.5 Å². The van der Waals surface area contributed by atoms with E-state index in [0.29, 0.717) is 32.6 Å². The summed E-state index contributed by atoms with van der Waals surface area (Å²) in [5, 5.41) is 3.45. The van der Waals surface area contributed by atoms with Gasteiger partial charge in [-0.3, -0.25) is 0 Å². The first kappa shape index (κ1) is 20.2. The third kappa shape index (κ3) is 4.73. The Kier molecular flexibility index (Phi) is 5.89. The second-order valence-electron chi connectivity index (χ2n) is 7.19. The van der Waals surface area contributed by atoms with Crippen molar-refractivity contribution in [2.24, 2.45) is 0 Å². The largest absolute Gasteiger partial charge is 0.343 e. The summed E-state index contributed by atoms with van der Waals surface area (Å²) in [6.45, 7) is 4.32.